The van der Waals surface area contributed by atoms with Crippen molar-refractivity contribution < 1.29 is 14.1 Å². The Bertz CT molecular complexity index is 715. The Kier molecular flexibility index (Phi) is 6.39. The first-order valence-corrected chi connectivity index (χ1v) is 10.2. The van der Waals surface area contributed by atoms with E-state index in [0.29, 0.717) is 6.42 Å². The number of esters is 1. The second kappa shape index (κ2) is 8.31. The Morgan fingerprint density at radius 3 is 1.88 bits per heavy atom. The van der Waals surface area contributed by atoms with Crippen LogP contribution in [0.15, 0.2) is 72.6 Å². The molecule has 0 N–H and O–H groups in total. The lowest BCUT2D eigenvalue weighted by Crippen LogP contribution is -2.23. The molecule has 25 heavy (non-hydrogen) atoms. The number of hydrogen-bond donors (Lipinski definition) is 0. The third kappa shape index (κ3) is 5.17. The zero-order chi connectivity index (χ0) is 18.3. The smallest absolute Gasteiger partial charge is 0.311 e. The summed E-state index contributed by atoms with van der Waals surface area (Å²) >= 11 is 0. The van der Waals surface area contributed by atoms with Crippen molar-refractivity contribution in [2.75, 3.05) is 6.61 Å². The van der Waals surface area contributed by atoms with Crippen LogP contribution in [-0.4, -0.2) is 12.6 Å². The molecular weight excluding hydrogens is 331 g/mol. The van der Waals surface area contributed by atoms with Gasteiger partial charge in [-0.15, -0.1) is 0 Å². The molecule has 0 fully saturated rings. The van der Waals surface area contributed by atoms with Crippen molar-refractivity contribution >= 4 is 23.7 Å². The number of hydrogen-bond acceptors (Lipinski definition) is 3. The lowest BCUT2D eigenvalue weighted by atomic mass is 9.97. The Morgan fingerprint density at radius 2 is 1.44 bits per heavy atom. The van der Waals surface area contributed by atoms with E-state index in [1.165, 1.54) is 0 Å². The summed E-state index contributed by atoms with van der Waals surface area (Å²) in [5.74, 6) is 1.54. The standard InChI is InChI=1S/C21H25O3P/c1-21(2,3)20(22)24-16-10-11-17-25(23,18-12-6-4-7-13-18)19-14-8-5-9-15-19/h4-9,11-15,17H,10,16H2,1-3H3/b17-11+. The van der Waals surface area contributed by atoms with Gasteiger partial charge in [0.05, 0.1) is 12.0 Å². The highest BCUT2D eigenvalue weighted by Crippen LogP contribution is 2.44. The molecule has 2 aromatic rings. The molecule has 3 nitrogen and oxygen atoms in total. The van der Waals surface area contributed by atoms with Gasteiger partial charge in [-0.25, -0.2) is 0 Å². The van der Waals surface area contributed by atoms with Gasteiger partial charge in [-0.1, -0.05) is 66.7 Å². The molecular formula is C21H25O3P. The zero-order valence-electron chi connectivity index (χ0n) is 15.0. The monoisotopic (exact) mass is 356 g/mol. The average molecular weight is 356 g/mol. The third-order valence-electron chi connectivity index (χ3n) is 3.72. The van der Waals surface area contributed by atoms with E-state index in [0.717, 1.165) is 10.6 Å². The first kappa shape index (κ1) is 19.2. The fraction of sp³-hybridized carbons (Fsp3) is 0.286. The van der Waals surface area contributed by atoms with Gasteiger partial charge in [0.2, 0.25) is 0 Å². The molecule has 0 saturated heterocycles. The van der Waals surface area contributed by atoms with E-state index >= 15 is 0 Å². The van der Waals surface area contributed by atoms with Crippen molar-refractivity contribution in [3.8, 4) is 0 Å². The minimum atomic E-state index is -2.84. The first-order chi connectivity index (χ1) is 11.8. The van der Waals surface area contributed by atoms with E-state index in [-0.39, 0.29) is 12.6 Å². The molecule has 2 rings (SSSR count). The molecule has 0 aliphatic rings. The summed E-state index contributed by atoms with van der Waals surface area (Å²) in [4.78, 5) is 11.8. The fourth-order valence-corrected chi connectivity index (χ4v) is 4.60. The summed E-state index contributed by atoms with van der Waals surface area (Å²) in [6.07, 6.45) is 2.38. The van der Waals surface area contributed by atoms with Crippen LogP contribution >= 0.6 is 7.14 Å². The van der Waals surface area contributed by atoms with Gasteiger partial charge < -0.3 is 9.30 Å². The van der Waals surface area contributed by atoms with Crippen molar-refractivity contribution in [3.63, 3.8) is 0 Å². The van der Waals surface area contributed by atoms with Gasteiger partial charge in [0.1, 0.15) is 0 Å². The van der Waals surface area contributed by atoms with Gasteiger partial charge in [-0.05, 0) is 26.6 Å². The van der Waals surface area contributed by atoms with Crippen LogP contribution in [0.2, 0.25) is 0 Å². The minimum absolute atomic E-state index is 0.227. The van der Waals surface area contributed by atoms with E-state index in [1.54, 1.807) is 5.82 Å². The minimum Gasteiger partial charge on any atom is -0.465 e. The average Bonchev–Trinajstić information content (AvgIpc) is 2.61. The van der Waals surface area contributed by atoms with Gasteiger partial charge in [0.25, 0.3) is 0 Å². The van der Waals surface area contributed by atoms with E-state index in [4.69, 9.17) is 4.74 Å². The molecule has 0 aromatic heterocycles. The predicted octanol–water partition coefficient (Wildman–Crippen LogP) is 4.49. The van der Waals surface area contributed by atoms with E-state index in [1.807, 2.05) is 87.5 Å². The first-order valence-electron chi connectivity index (χ1n) is 8.40. The summed E-state index contributed by atoms with van der Waals surface area (Å²) < 4.78 is 18.9. The van der Waals surface area contributed by atoms with Crippen molar-refractivity contribution in [1.82, 2.24) is 0 Å². The summed E-state index contributed by atoms with van der Waals surface area (Å²) in [6.45, 7) is 5.76. The van der Waals surface area contributed by atoms with Crippen molar-refractivity contribution in [2.45, 2.75) is 27.2 Å². The SMILES string of the molecule is CC(C)(C)C(=O)OCC/C=C/P(=O)(c1ccccc1)c1ccccc1. The van der Waals surface area contributed by atoms with Gasteiger partial charge in [0, 0.05) is 17.0 Å². The molecule has 0 unspecified atom stereocenters. The molecule has 0 bridgehead atoms. The quantitative estimate of drug-likeness (QED) is 0.435. The molecule has 0 amide bonds. The van der Waals surface area contributed by atoms with Crippen LogP contribution in [-0.2, 0) is 14.1 Å². The van der Waals surface area contributed by atoms with Crippen LogP contribution in [0.1, 0.15) is 27.2 Å². The number of carbonyl (C=O) groups excluding carboxylic acids is 1. The van der Waals surface area contributed by atoms with Crippen LogP contribution in [0.4, 0.5) is 0 Å². The molecule has 4 heteroatoms. The summed E-state index contributed by atoms with van der Waals surface area (Å²) in [6, 6.07) is 18.9. The van der Waals surface area contributed by atoms with Gasteiger partial charge in [-0.3, -0.25) is 4.79 Å². The summed E-state index contributed by atoms with van der Waals surface area (Å²) in [7, 11) is -2.84. The Labute approximate surface area is 150 Å². The molecule has 0 spiro atoms. The van der Waals surface area contributed by atoms with E-state index < -0.39 is 12.6 Å². The Hall–Kier alpha value is -2.12. The molecule has 0 aliphatic carbocycles. The second-order valence-corrected chi connectivity index (χ2v) is 9.54. The zero-order valence-corrected chi connectivity index (χ0v) is 15.9. The molecule has 0 saturated carbocycles. The Morgan fingerprint density at radius 1 is 0.960 bits per heavy atom. The number of benzene rings is 2. The fourth-order valence-electron chi connectivity index (χ4n) is 2.28. The van der Waals surface area contributed by atoms with Crippen molar-refractivity contribution in [2.24, 2.45) is 5.41 Å². The number of rotatable bonds is 6. The predicted molar refractivity (Wildman–Crippen MR) is 104 cm³/mol. The van der Waals surface area contributed by atoms with Gasteiger partial charge in [-0.2, -0.15) is 0 Å². The maximum Gasteiger partial charge on any atom is 0.311 e. The lowest BCUT2D eigenvalue weighted by Gasteiger charge is -2.16. The largest absolute Gasteiger partial charge is 0.465 e. The molecule has 2 aromatic carbocycles. The number of carbonyl (C=O) groups is 1. The van der Waals surface area contributed by atoms with Crippen LogP contribution in [0.25, 0.3) is 0 Å². The highest BCUT2D eigenvalue weighted by Gasteiger charge is 2.24. The summed E-state index contributed by atoms with van der Waals surface area (Å²) in [5, 5.41) is 1.59. The maximum absolute atomic E-state index is 13.7. The van der Waals surface area contributed by atoms with Crippen molar-refractivity contribution in [3.05, 3.63) is 72.6 Å². The highest BCUT2D eigenvalue weighted by molar-refractivity contribution is 7.81. The van der Waals surface area contributed by atoms with Crippen LogP contribution in [0, 0.1) is 5.41 Å². The molecule has 132 valence electrons. The molecule has 0 aliphatic heterocycles. The van der Waals surface area contributed by atoms with E-state index in [9.17, 15) is 9.36 Å². The lowest BCUT2D eigenvalue weighted by molar-refractivity contribution is -0.152. The second-order valence-electron chi connectivity index (χ2n) is 6.89. The highest BCUT2D eigenvalue weighted by atomic mass is 31.2. The normalized spacial score (nSPS) is 12.3. The van der Waals surface area contributed by atoms with Gasteiger partial charge >= 0.3 is 5.97 Å². The molecule has 0 heterocycles. The third-order valence-corrected chi connectivity index (χ3v) is 6.49. The van der Waals surface area contributed by atoms with E-state index in [2.05, 4.69) is 0 Å². The molecule has 0 radical (unpaired) electrons. The Balaban J connectivity index is 2.13. The topological polar surface area (TPSA) is 43.4 Å². The number of ether oxygens (including phenoxy) is 1. The molecule has 0 atom stereocenters. The maximum atomic E-state index is 13.7. The van der Waals surface area contributed by atoms with Crippen LogP contribution in [0.3, 0.4) is 0 Å². The van der Waals surface area contributed by atoms with Crippen LogP contribution in [0.5, 0.6) is 0 Å². The van der Waals surface area contributed by atoms with Crippen molar-refractivity contribution in [1.29, 1.82) is 0 Å². The van der Waals surface area contributed by atoms with Gasteiger partial charge in [0.15, 0.2) is 7.14 Å². The van der Waals surface area contributed by atoms with Crippen LogP contribution < -0.4 is 10.6 Å². The summed E-state index contributed by atoms with van der Waals surface area (Å²) in [5.41, 5.74) is -0.507.